The highest BCUT2D eigenvalue weighted by atomic mass is 16.4. The summed E-state index contributed by atoms with van der Waals surface area (Å²) < 4.78 is 0. The van der Waals surface area contributed by atoms with Gasteiger partial charge in [-0.3, -0.25) is 14.4 Å². The largest absolute Gasteiger partial charge is 0.481 e. The molecule has 0 radical (unpaired) electrons. The maximum absolute atomic E-state index is 12.8. The lowest BCUT2D eigenvalue weighted by molar-refractivity contribution is -0.141. The van der Waals surface area contributed by atoms with Crippen LogP contribution in [-0.4, -0.2) is 40.9 Å². The van der Waals surface area contributed by atoms with Crippen LogP contribution in [0.25, 0.3) is 0 Å². The van der Waals surface area contributed by atoms with Crippen LogP contribution in [0.2, 0.25) is 0 Å². The Morgan fingerprint density at radius 1 is 1.12 bits per heavy atom. The number of carboxylic acid groups (broad SMARTS) is 1. The van der Waals surface area contributed by atoms with Gasteiger partial charge in [0, 0.05) is 19.0 Å². The van der Waals surface area contributed by atoms with Gasteiger partial charge in [-0.2, -0.15) is 0 Å². The fourth-order valence-corrected chi connectivity index (χ4v) is 3.81. The lowest BCUT2D eigenvalue weighted by Gasteiger charge is -2.20. The number of aryl methyl sites for hydroxylation is 1. The molecule has 25 heavy (non-hydrogen) atoms. The van der Waals surface area contributed by atoms with Gasteiger partial charge < -0.3 is 15.3 Å². The second-order valence-electron chi connectivity index (χ2n) is 7.03. The Hall–Kier alpha value is -2.37. The molecule has 0 unspecified atom stereocenters. The average molecular weight is 344 g/mol. The molecule has 0 bridgehead atoms. The molecule has 1 saturated heterocycles. The third-order valence-electron chi connectivity index (χ3n) is 5.29. The van der Waals surface area contributed by atoms with Gasteiger partial charge in [-0.15, -0.1) is 0 Å². The van der Waals surface area contributed by atoms with Gasteiger partial charge in [0.15, 0.2) is 0 Å². The van der Waals surface area contributed by atoms with Crippen molar-refractivity contribution in [2.45, 2.75) is 39.0 Å². The lowest BCUT2D eigenvalue weighted by atomic mass is 10.0. The van der Waals surface area contributed by atoms with E-state index in [2.05, 4.69) is 5.32 Å². The first kappa shape index (κ1) is 17.5. The van der Waals surface area contributed by atoms with Crippen molar-refractivity contribution in [3.05, 3.63) is 29.3 Å². The summed E-state index contributed by atoms with van der Waals surface area (Å²) in [5.41, 5.74) is 1.91. The summed E-state index contributed by atoms with van der Waals surface area (Å²) in [5, 5.41) is 12.0. The number of nitrogens with zero attached hydrogens (tertiary/aromatic N) is 1. The molecular weight excluding hydrogens is 320 g/mol. The number of hydrogen-bond donors (Lipinski definition) is 2. The van der Waals surface area contributed by atoms with Crippen molar-refractivity contribution < 1.29 is 19.5 Å². The molecule has 1 heterocycles. The van der Waals surface area contributed by atoms with Gasteiger partial charge in [-0.05, 0) is 50.7 Å². The number of amides is 2. The molecule has 134 valence electrons. The van der Waals surface area contributed by atoms with E-state index in [1.54, 1.807) is 6.07 Å². The molecule has 1 saturated carbocycles. The van der Waals surface area contributed by atoms with Crippen molar-refractivity contribution in [1.82, 2.24) is 4.90 Å². The number of hydrogen-bond acceptors (Lipinski definition) is 3. The maximum Gasteiger partial charge on any atom is 0.306 e. The first-order chi connectivity index (χ1) is 12.0. The van der Waals surface area contributed by atoms with Crippen LogP contribution in [0, 0.1) is 18.8 Å². The smallest absolute Gasteiger partial charge is 0.306 e. The molecular formula is C19H24N2O4. The van der Waals surface area contributed by atoms with E-state index < -0.39 is 11.9 Å². The first-order valence-electron chi connectivity index (χ1n) is 8.90. The average Bonchev–Trinajstić information content (AvgIpc) is 3.26. The van der Waals surface area contributed by atoms with Crippen LogP contribution in [0.15, 0.2) is 18.2 Å². The SMILES string of the molecule is Cc1cccc(NC(=O)[C@@H]2CC[C@H](C(=O)O)C2)c1C(=O)N1CCCC1. The normalized spacial score (nSPS) is 22.8. The van der Waals surface area contributed by atoms with E-state index in [1.807, 2.05) is 24.0 Å². The monoisotopic (exact) mass is 344 g/mol. The summed E-state index contributed by atoms with van der Waals surface area (Å²) in [6.07, 6.45) is 3.49. The third-order valence-corrected chi connectivity index (χ3v) is 5.29. The molecule has 2 N–H and O–H groups in total. The highest BCUT2D eigenvalue weighted by Crippen LogP contribution is 2.32. The van der Waals surface area contributed by atoms with Crippen molar-refractivity contribution in [1.29, 1.82) is 0 Å². The zero-order valence-electron chi connectivity index (χ0n) is 14.5. The Kier molecular flexibility index (Phi) is 5.06. The quantitative estimate of drug-likeness (QED) is 0.879. The van der Waals surface area contributed by atoms with E-state index in [1.165, 1.54) is 0 Å². The topological polar surface area (TPSA) is 86.7 Å². The molecule has 1 aliphatic heterocycles. The number of carboxylic acids is 1. The third kappa shape index (κ3) is 3.67. The molecule has 2 aliphatic rings. The van der Waals surface area contributed by atoms with E-state index in [0.29, 0.717) is 30.5 Å². The number of nitrogens with one attached hydrogen (secondary N) is 1. The molecule has 0 spiro atoms. The second kappa shape index (κ2) is 7.25. The standard InChI is InChI=1S/C19H24N2O4/c1-12-5-4-6-15(16(12)18(23)21-9-2-3-10-21)20-17(22)13-7-8-14(11-13)19(24)25/h4-6,13-14H,2-3,7-11H2,1H3,(H,20,22)(H,24,25)/t13-,14+/m1/s1. The van der Waals surface area contributed by atoms with Crippen LogP contribution in [0.3, 0.4) is 0 Å². The highest BCUT2D eigenvalue weighted by molar-refractivity contribution is 6.05. The van der Waals surface area contributed by atoms with Gasteiger partial charge in [0.2, 0.25) is 5.91 Å². The van der Waals surface area contributed by atoms with Crippen LogP contribution >= 0.6 is 0 Å². The Balaban J connectivity index is 1.76. The molecule has 1 aromatic rings. The van der Waals surface area contributed by atoms with Crippen LogP contribution in [-0.2, 0) is 9.59 Å². The molecule has 3 rings (SSSR count). The minimum absolute atomic E-state index is 0.0410. The maximum atomic E-state index is 12.8. The summed E-state index contributed by atoms with van der Waals surface area (Å²) >= 11 is 0. The number of carbonyl (C=O) groups excluding carboxylic acids is 2. The zero-order valence-corrected chi connectivity index (χ0v) is 14.5. The van der Waals surface area contributed by atoms with Gasteiger partial charge in [0.1, 0.15) is 0 Å². The van der Waals surface area contributed by atoms with E-state index >= 15 is 0 Å². The Bertz CT molecular complexity index is 695. The molecule has 1 aliphatic carbocycles. The molecule has 1 aromatic carbocycles. The Labute approximate surface area is 147 Å². The number of benzene rings is 1. The van der Waals surface area contributed by atoms with E-state index in [9.17, 15) is 14.4 Å². The Morgan fingerprint density at radius 2 is 1.80 bits per heavy atom. The predicted molar refractivity (Wildman–Crippen MR) is 93.4 cm³/mol. The summed E-state index contributed by atoms with van der Waals surface area (Å²) in [6.45, 7) is 3.38. The summed E-state index contributed by atoms with van der Waals surface area (Å²) in [6, 6.07) is 5.44. The van der Waals surface area contributed by atoms with Crippen LogP contribution < -0.4 is 5.32 Å². The molecule has 2 atom stereocenters. The first-order valence-corrected chi connectivity index (χ1v) is 8.90. The number of rotatable bonds is 4. The molecule has 0 aromatic heterocycles. The minimum Gasteiger partial charge on any atom is -0.481 e. The van der Waals surface area contributed by atoms with Gasteiger partial charge in [0.05, 0.1) is 17.2 Å². The van der Waals surface area contributed by atoms with Crippen molar-refractivity contribution in [3.8, 4) is 0 Å². The van der Waals surface area contributed by atoms with E-state index in [4.69, 9.17) is 5.11 Å². The van der Waals surface area contributed by atoms with Gasteiger partial charge in [0.25, 0.3) is 5.91 Å². The number of aliphatic carboxylic acids is 1. The van der Waals surface area contributed by atoms with E-state index in [-0.39, 0.29) is 17.7 Å². The van der Waals surface area contributed by atoms with E-state index in [0.717, 1.165) is 31.5 Å². The summed E-state index contributed by atoms with van der Waals surface area (Å²) in [7, 11) is 0. The Morgan fingerprint density at radius 3 is 2.44 bits per heavy atom. The van der Waals surface area contributed by atoms with Crippen LogP contribution in [0.4, 0.5) is 5.69 Å². The van der Waals surface area contributed by atoms with Crippen LogP contribution in [0.5, 0.6) is 0 Å². The molecule has 6 heteroatoms. The number of carbonyl (C=O) groups is 3. The minimum atomic E-state index is -0.837. The van der Waals surface area contributed by atoms with Crippen molar-refractivity contribution in [3.63, 3.8) is 0 Å². The second-order valence-corrected chi connectivity index (χ2v) is 7.03. The highest BCUT2D eigenvalue weighted by Gasteiger charge is 2.34. The molecule has 2 fully saturated rings. The summed E-state index contributed by atoms with van der Waals surface area (Å²) in [4.78, 5) is 38.3. The molecule has 2 amide bonds. The fourth-order valence-electron chi connectivity index (χ4n) is 3.81. The predicted octanol–water partition coefficient (Wildman–Crippen LogP) is 2.67. The van der Waals surface area contributed by atoms with Gasteiger partial charge in [-0.1, -0.05) is 12.1 Å². The van der Waals surface area contributed by atoms with Gasteiger partial charge in [-0.25, -0.2) is 0 Å². The fraction of sp³-hybridized carbons (Fsp3) is 0.526. The van der Waals surface area contributed by atoms with Crippen molar-refractivity contribution in [2.75, 3.05) is 18.4 Å². The lowest BCUT2D eigenvalue weighted by Crippen LogP contribution is -2.30. The zero-order chi connectivity index (χ0) is 18.0. The van der Waals surface area contributed by atoms with Crippen molar-refractivity contribution >= 4 is 23.5 Å². The number of anilines is 1. The van der Waals surface area contributed by atoms with Gasteiger partial charge >= 0.3 is 5.97 Å². The number of likely N-dealkylation sites (tertiary alicyclic amines) is 1. The van der Waals surface area contributed by atoms with Crippen LogP contribution in [0.1, 0.15) is 48.0 Å². The summed E-state index contributed by atoms with van der Waals surface area (Å²) in [5.74, 6) is -1.82. The molecule has 6 nitrogen and oxygen atoms in total. The van der Waals surface area contributed by atoms with Crippen molar-refractivity contribution in [2.24, 2.45) is 11.8 Å².